The van der Waals surface area contributed by atoms with Gasteiger partial charge in [-0.3, -0.25) is 4.79 Å². The molecule has 0 radical (unpaired) electrons. The van der Waals surface area contributed by atoms with Crippen LogP contribution in [0, 0.1) is 23.7 Å². The molecule has 0 amide bonds. The first-order chi connectivity index (χ1) is 7.19. The van der Waals surface area contributed by atoms with Crippen LogP contribution < -0.4 is 0 Å². The largest absolute Gasteiger partial charge is 0.299 e. The highest BCUT2D eigenvalue weighted by atomic mass is 16.1. The Morgan fingerprint density at radius 3 is 1.93 bits per heavy atom. The molecule has 1 aliphatic carbocycles. The standard InChI is InChI=1S/C14H26O/c1-5-10-9-14(15)13(8-4)12(7-3)11(10)6-2/h10-13H,5-9H2,1-4H3. The number of carbonyl (C=O) groups excluding carboxylic acids is 1. The molecular formula is C14H26O. The van der Waals surface area contributed by atoms with Crippen LogP contribution in [0.4, 0.5) is 0 Å². The summed E-state index contributed by atoms with van der Waals surface area (Å²) in [6.07, 6.45) is 5.51. The van der Waals surface area contributed by atoms with Crippen molar-refractivity contribution in [1.29, 1.82) is 0 Å². The predicted octanol–water partition coefficient (Wildman–Crippen LogP) is 4.06. The lowest BCUT2D eigenvalue weighted by atomic mass is 9.63. The molecule has 4 unspecified atom stereocenters. The average molecular weight is 210 g/mol. The topological polar surface area (TPSA) is 17.1 Å². The normalized spacial score (nSPS) is 36.9. The number of carbonyl (C=O) groups is 1. The molecule has 1 rings (SSSR count). The minimum Gasteiger partial charge on any atom is -0.299 e. The summed E-state index contributed by atoms with van der Waals surface area (Å²) in [7, 11) is 0. The molecule has 0 spiro atoms. The van der Waals surface area contributed by atoms with E-state index in [2.05, 4.69) is 27.7 Å². The van der Waals surface area contributed by atoms with E-state index in [0.717, 1.165) is 18.8 Å². The van der Waals surface area contributed by atoms with Crippen molar-refractivity contribution in [2.24, 2.45) is 23.7 Å². The van der Waals surface area contributed by atoms with E-state index in [1.165, 1.54) is 19.3 Å². The molecule has 88 valence electrons. The second kappa shape index (κ2) is 5.67. The highest BCUT2D eigenvalue weighted by Crippen LogP contribution is 2.43. The molecule has 1 heteroatoms. The first kappa shape index (κ1) is 12.7. The lowest BCUT2D eigenvalue weighted by Gasteiger charge is -2.41. The summed E-state index contributed by atoms with van der Waals surface area (Å²) in [5, 5.41) is 0. The van der Waals surface area contributed by atoms with Crippen molar-refractivity contribution < 1.29 is 4.79 Å². The van der Waals surface area contributed by atoms with Gasteiger partial charge in [0.25, 0.3) is 0 Å². The predicted molar refractivity (Wildman–Crippen MR) is 64.7 cm³/mol. The Morgan fingerprint density at radius 1 is 0.933 bits per heavy atom. The summed E-state index contributed by atoms with van der Waals surface area (Å²) in [4.78, 5) is 12.0. The van der Waals surface area contributed by atoms with Crippen molar-refractivity contribution in [3.8, 4) is 0 Å². The van der Waals surface area contributed by atoms with Crippen LogP contribution in [0.3, 0.4) is 0 Å². The minimum atomic E-state index is 0.364. The molecule has 0 saturated heterocycles. The zero-order valence-corrected chi connectivity index (χ0v) is 10.8. The Balaban J connectivity index is 2.85. The number of rotatable bonds is 4. The fourth-order valence-corrected chi connectivity index (χ4v) is 3.65. The van der Waals surface area contributed by atoms with Crippen LogP contribution in [0.2, 0.25) is 0 Å². The maximum absolute atomic E-state index is 12.0. The zero-order valence-electron chi connectivity index (χ0n) is 10.8. The van der Waals surface area contributed by atoms with E-state index in [9.17, 15) is 4.79 Å². The average Bonchev–Trinajstić information content (AvgIpc) is 2.27. The Morgan fingerprint density at radius 2 is 1.53 bits per heavy atom. The van der Waals surface area contributed by atoms with Crippen molar-refractivity contribution >= 4 is 5.78 Å². The van der Waals surface area contributed by atoms with E-state index < -0.39 is 0 Å². The van der Waals surface area contributed by atoms with Gasteiger partial charge in [-0.1, -0.05) is 47.0 Å². The van der Waals surface area contributed by atoms with Gasteiger partial charge in [-0.15, -0.1) is 0 Å². The van der Waals surface area contributed by atoms with Gasteiger partial charge >= 0.3 is 0 Å². The molecule has 0 aromatic heterocycles. The zero-order chi connectivity index (χ0) is 11.4. The van der Waals surface area contributed by atoms with E-state index in [0.29, 0.717) is 23.5 Å². The third-order valence-electron chi connectivity index (χ3n) is 4.46. The molecule has 1 fully saturated rings. The molecule has 0 aromatic rings. The molecule has 1 nitrogen and oxygen atoms in total. The molecule has 1 saturated carbocycles. The number of hydrogen-bond acceptors (Lipinski definition) is 1. The molecule has 0 N–H and O–H groups in total. The van der Waals surface area contributed by atoms with Crippen LogP contribution in [-0.4, -0.2) is 5.78 Å². The maximum Gasteiger partial charge on any atom is 0.136 e. The molecule has 0 bridgehead atoms. The van der Waals surface area contributed by atoms with E-state index in [4.69, 9.17) is 0 Å². The summed E-state index contributed by atoms with van der Waals surface area (Å²) in [6, 6.07) is 0. The molecule has 4 atom stereocenters. The lowest BCUT2D eigenvalue weighted by Crippen LogP contribution is -2.39. The third kappa shape index (κ3) is 2.43. The molecule has 15 heavy (non-hydrogen) atoms. The van der Waals surface area contributed by atoms with Gasteiger partial charge in [0.05, 0.1) is 0 Å². The second-order valence-electron chi connectivity index (χ2n) is 5.00. The van der Waals surface area contributed by atoms with Gasteiger partial charge in [0.1, 0.15) is 5.78 Å². The monoisotopic (exact) mass is 210 g/mol. The third-order valence-corrected chi connectivity index (χ3v) is 4.46. The second-order valence-corrected chi connectivity index (χ2v) is 5.00. The fourth-order valence-electron chi connectivity index (χ4n) is 3.65. The van der Waals surface area contributed by atoms with E-state index >= 15 is 0 Å². The summed E-state index contributed by atoms with van der Waals surface area (Å²) in [5.41, 5.74) is 0. The van der Waals surface area contributed by atoms with Gasteiger partial charge in [-0.25, -0.2) is 0 Å². The number of ketones is 1. The summed E-state index contributed by atoms with van der Waals surface area (Å²) in [6.45, 7) is 8.95. The summed E-state index contributed by atoms with van der Waals surface area (Å²) in [5.74, 6) is 3.02. The number of Topliss-reactive ketones (excluding diaryl/α,β-unsaturated/α-hetero) is 1. The SMILES string of the molecule is CCC1CC(=O)C(CC)C(CC)C1CC. The van der Waals surface area contributed by atoms with Gasteiger partial charge in [-0.2, -0.15) is 0 Å². The van der Waals surface area contributed by atoms with Gasteiger partial charge in [0.2, 0.25) is 0 Å². The smallest absolute Gasteiger partial charge is 0.136 e. The van der Waals surface area contributed by atoms with Crippen molar-refractivity contribution in [3.63, 3.8) is 0 Å². The summed E-state index contributed by atoms with van der Waals surface area (Å²) >= 11 is 0. The van der Waals surface area contributed by atoms with Crippen molar-refractivity contribution in [1.82, 2.24) is 0 Å². The fraction of sp³-hybridized carbons (Fsp3) is 0.929. The Labute approximate surface area is 94.6 Å². The van der Waals surface area contributed by atoms with Crippen LogP contribution in [0.5, 0.6) is 0 Å². The highest BCUT2D eigenvalue weighted by molar-refractivity contribution is 5.82. The van der Waals surface area contributed by atoms with E-state index in [1.54, 1.807) is 0 Å². The molecule has 0 aromatic carbocycles. The molecular weight excluding hydrogens is 184 g/mol. The first-order valence-corrected chi connectivity index (χ1v) is 6.72. The van der Waals surface area contributed by atoms with E-state index in [-0.39, 0.29) is 0 Å². The van der Waals surface area contributed by atoms with Gasteiger partial charge < -0.3 is 0 Å². The quantitative estimate of drug-likeness (QED) is 0.683. The van der Waals surface area contributed by atoms with Crippen LogP contribution in [0.25, 0.3) is 0 Å². The van der Waals surface area contributed by atoms with Crippen LogP contribution in [-0.2, 0) is 4.79 Å². The lowest BCUT2D eigenvalue weighted by molar-refractivity contribution is -0.131. The van der Waals surface area contributed by atoms with Gasteiger partial charge in [0, 0.05) is 12.3 Å². The molecule has 0 aliphatic heterocycles. The van der Waals surface area contributed by atoms with Crippen molar-refractivity contribution in [2.75, 3.05) is 0 Å². The maximum atomic E-state index is 12.0. The number of hydrogen-bond donors (Lipinski definition) is 0. The molecule has 0 heterocycles. The van der Waals surface area contributed by atoms with Gasteiger partial charge in [-0.05, 0) is 24.2 Å². The minimum absolute atomic E-state index is 0.364. The van der Waals surface area contributed by atoms with Crippen LogP contribution in [0.1, 0.15) is 59.8 Å². The Hall–Kier alpha value is -0.330. The highest BCUT2D eigenvalue weighted by Gasteiger charge is 2.40. The van der Waals surface area contributed by atoms with Crippen LogP contribution >= 0.6 is 0 Å². The van der Waals surface area contributed by atoms with Crippen molar-refractivity contribution in [2.45, 2.75) is 59.8 Å². The van der Waals surface area contributed by atoms with Gasteiger partial charge in [0.15, 0.2) is 0 Å². The van der Waals surface area contributed by atoms with E-state index in [1.807, 2.05) is 0 Å². The Kier molecular flexibility index (Phi) is 4.82. The van der Waals surface area contributed by atoms with Crippen LogP contribution in [0.15, 0.2) is 0 Å². The van der Waals surface area contributed by atoms with Crippen molar-refractivity contribution in [3.05, 3.63) is 0 Å². The summed E-state index contributed by atoms with van der Waals surface area (Å²) < 4.78 is 0. The first-order valence-electron chi connectivity index (χ1n) is 6.72. The Bertz CT molecular complexity index is 209. The molecule has 1 aliphatic rings.